The predicted molar refractivity (Wildman–Crippen MR) is 67.8 cm³/mol. The summed E-state index contributed by atoms with van der Waals surface area (Å²) in [6.45, 7) is 1.62. The van der Waals surface area contributed by atoms with Gasteiger partial charge in [0.2, 0.25) is 0 Å². The molecule has 0 radical (unpaired) electrons. The van der Waals surface area contributed by atoms with Crippen molar-refractivity contribution in [1.82, 2.24) is 0 Å². The van der Waals surface area contributed by atoms with Gasteiger partial charge < -0.3 is 0 Å². The zero-order valence-electron chi connectivity index (χ0n) is 8.41. The van der Waals surface area contributed by atoms with Crippen LogP contribution in [0.2, 0.25) is 0 Å². The quantitative estimate of drug-likeness (QED) is 0.551. The van der Waals surface area contributed by atoms with Crippen LogP contribution in [-0.4, -0.2) is 15.9 Å². The molecule has 1 heterocycles. The lowest BCUT2D eigenvalue weighted by Crippen LogP contribution is -2.29. The van der Waals surface area contributed by atoms with E-state index in [1.807, 2.05) is 23.6 Å². The molecule has 80 valence electrons. The number of rotatable bonds is 0. The van der Waals surface area contributed by atoms with Crippen molar-refractivity contribution in [3.8, 4) is 0 Å². The summed E-state index contributed by atoms with van der Waals surface area (Å²) >= 11 is 4.80. The van der Waals surface area contributed by atoms with Gasteiger partial charge in [0, 0.05) is 15.8 Å². The average molecular weight is 295 g/mol. The Morgan fingerprint density at radius 2 is 1.81 bits per heavy atom. The smallest absolute Gasteiger partial charge is 0.187 e. The molecule has 2 nitrogen and oxygen atoms in total. The maximum Gasteiger partial charge on any atom is 0.187 e. The fourth-order valence-corrected chi connectivity index (χ4v) is 3.23. The summed E-state index contributed by atoms with van der Waals surface area (Å²) in [6.07, 6.45) is 0. The van der Waals surface area contributed by atoms with Crippen molar-refractivity contribution < 1.29 is 9.59 Å². The molecule has 1 aliphatic carbocycles. The maximum absolute atomic E-state index is 12.0. The Bertz CT molecular complexity index is 588. The normalized spacial score (nSPS) is 24.1. The van der Waals surface area contributed by atoms with Crippen molar-refractivity contribution in [1.29, 1.82) is 0 Å². The highest BCUT2D eigenvalue weighted by Crippen LogP contribution is 2.38. The Balaban J connectivity index is 2.38. The van der Waals surface area contributed by atoms with Gasteiger partial charge in [0.25, 0.3) is 0 Å². The highest BCUT2D eigenvalue weighted by atomic mass is 79.9. The summed E-state index contributed by atoms with van der Waals surface area (Å²) in [7, 11) is 0. The summed E-state index contributed by atoms with van der Waals surface area (Å²) in [5, 5.41) is 2.98. The molecule has 3 rings (SSSR count). The number of benzene rings is 1. The van der Waals surface area contributed by atoms with E-state index < -0.39 is 4.32 Å². The van der Waals surface area contributed by atoms with Gasteiger partial charge >= 0.3 is 0 Å². The Hall–Kier alpha value is -1.00. The summed E-state index contributed by atoms with van der Waals surface area (Å²) in [5.41, 5.74) is 1.08. The molecule has 0 fully saturated rings. The Kier molecular flexibility index (Phi) is 1.92. The summed E-state index contributed by atoms with van der Waals surface area (Å²) in [4.78, 5) is 24.1. The van der Waals surface area contributed by atoms with Gasteiger partial charge in [0.1, 0.15) is 4.32 Å². The molecule has 0 saturated heterocycles. The molecule has 1 atom stereocenters. The van der Waals surface area contributed by atoms with Gasteiger partial charge in [-0.2, -0.15) is 0 Å². The van der Waals surface area contributed by atoms with E-state index in [4.69, 9.17) is 0 Å². The summed E-state index contributed by atoms with van der Waals surface area (Å²) < 4.78 is -0.0242. The highest BCUT2D eigenvalue weighted by Gasteiger charge is 2.47. The largest absolute Gasteiger partial charge is 0.292 e. The van der Waals surface area contributed by atoms with Gasteiger partial charge in [-0.25, -0.2) is 0 Å². The van der Waals surface area contributed by atoms with Crippen LogP contribution < -0.4 is 0 Å². The third-order valence-corrected chi connectivity index (χ3v) is 4.53. The van der Waals surface area contributed by atoms with Crippen molar-refractivity contribution >= 4 is 48.9 Å². The standard InChI is InChI=1S/C12H7BrO2S/c1-12(13)10(14)7-4-6-2-3-16-9(6)5-8(7)11(12)15/h2-5H,1H3. The molecule has 0 saturated carbocycles. The van der Waals surface area contributed by atoms with Crippen LogP contribution in [0.15, 0.2) is 23.6 Å². The maximum atomic E-state index is 12.0. The minimum Gasteiger partial charge on any atom is -0.292 e. The molecule has 1 aliphatic rings. The molecule has 0 amide bonds. The lowest BCUT2D eigenvalue weighted by atomic mass is 10.1. The van der Waals surface area contributed by atoms with Crippen LogP contribution in [0.5, 0.6) is 0 Å². The van der Waals surface area contributed by atoms with Crippen molar-refractivity contribution in [2.75, 3.05) is 0 Å². The third-order valence-electron chi connectivity index (χ3n) is 2.93. The summed E-state index contributed by atoms with van der Waals surface area (Å²) in [6, 6.07) is 5.60. The van der Waals surface area contributed by atoms with Gasteiger partial charge in [0.05, 0.1) is 0 Å². The van der Waals surface area contributed by atoms with Crippen LogP contribution in [0.25, 0.3) is 10.1 Å². The number of halogens is 1. The number of fused-ring (bicyclic) bond motifs is 2. The van der Waals surface area contributed by atoms with E-state index in [-0.39, 0.29) is 11.6 Å². The molecule has 1 aromatic carbocycles. The molecular weight excluding hydrogens is 288 g/mol. The van der Waals surface area contributed by atoms with Crippen LogP contribution in [0, 0.1) is 0 Å². The highest BCUT2D eigenvalue weighted by molar-refractivity contribution is 9.10. The molecule has 0 aliphatic heterocycles. The van der Waals surface area contributed by atoms with E-state index >= 15 is 0 Å². The Labute approximate surface area is 104 Å². The number of Topliss-reactive ketones (excluding diaryl/α,β-unsaturated/α-hetero) is 2. The number of thiophene rings is 1. The minimum absolute atomic E-state index is 0.136. The number of carbonyl (C=O) groups is 2. The second kappa shape index (κ2) is 3.02. The predicted octanol–water partition coefficient (Wildman–Crippen LogP) is 3.43. The lowest BCUT2D eigenvalue weighted by Gasteiger charge is -2.08. The van der Waals surface area contributed by atoms with Gasteiger partial charge in [-0.05, 0) is 35.9 Å². The van der Waals surface area contributed by atoms with Crippen LogP contribution in [0.3, 0.4) is 0 Å². The van der Waals surface area contributed by atoms with Crippen molar-refractivity contribution in [3.05, 3.63) is 34.7 Å². The first kappa shape index (κ1) is 10.2. The molecule has 0 bridgehead atoms. The Morgan fingerprint density at radius 3 is 2.50 bits per heavy atom. The van der Waals surface area contributed by atoms with Gasteiger partial charge in [-0.15, -0.1) is 11.3 Å². The zero-order chi connectivity index (χ0) is 11.5. The molecule has 0 N–H and O–H groups in total. The fraction of sp³-hybridized carbons (Fsp3) is 0.167. The van der Waals surface area contributed by atoms with Gasteiger partial charge in [0.15, 0.2) is 11.6 Å². The molecule has 4 heteroatoms. The first-order valence-electron chi connectivity index (χ1n) is 4.81. The molecule has 0 spiro atoms. The molecule has 1 aromatic heterocycles. The van der Waals surface area contributed by atoms with E-state index in [0.29, 0.717) is 11.1 Å². The lowest BCUT2D eigenvalue weighted by molar-refractivity contribution is 0.0883. The number of hydrogen-bond acceptors (Lipinski definition) is 3. The van der Waals surface area contributed by atoms with Crippen LogP contribution >= 0.6 is 27.3 Å². The zero-order valence-corrected chi connectivity index (χ0v) is 10.8. The average Bonchev–Trinajstić information content (AvgIpc) is 2.76. The molecule has 16 heavy (non-hydrogen) atoms. The molecular formula is C12H7BrO2S. The van der Waals surface area contributed by atoms with Crippen LogP contribution in [0.1, 0.15) is 27.6 Å². The number of ketones is 2. The fourth-order valence-electron chi connectivity index (χ4n) is 1.99. The summed E-state index contributed by atoms with van der Waals surface area (Å²) in [5.74, 6) is -0.275. The third kappa shape index (κ3) is 1.11. The van der Waals surface area contributed by atoms with Gasteiger partial charge in [-0.1, -0.05) is 15.9 Å². The van der Waals surface area contributed by atoms with E-state index in [2.05, 4.69) is 15.9 Å². The van der Waals surface area contributed by atoms with Crippen molar-refractivity contribution in [3.63, 3.8) is 0 Å². The SMILES string of the molecule is CC1(Br)C(=O)c2cc3ccsc3cc2C1=O. The minimum atomic E-state index is -1.07. The van der Waals surface area contributed by atoms with Crippen LogP contribution in [-0.2, 0) is 0 Å². The first-order valence-corrected chi connectivity index (χ1v) is 6.49. The monoisotopic (exact) mass is 294 g/mol. The van der Waals surface area contributed by atoms with E-state index in [1.165, 1.54) is 0 Å². The van der Waals surface area contributed by atoms with E-state index in [9.17, 15) is 9.59 Å². The number of alkyl halides is 1. The Morgan fingerprint density at radius 1 is 1.19 bits per heavy atom. The topological polar surface area (TPSA) is 34.1 Å². The van der Waals surface area contributed by atoms with Crippen molar-refractivity contribution in [2.45, 2.75) is 11.2 Å². The van der Waals surface area contributed by atoms with Crippen molar-refractivity contribution in [2.24, 2.45) is 0 Å². The van der Waals surface area contributed by atoms with E-state index in [0.717, 1.165) is 10.1 Å². The second-order valence-electron chi connectivity index (χ2n) is 4.02. The van der Waals surface area contributed by atoms with Gasteiger partial charge in [-0.3, -0.25) is 9.59 Å². The van der Waals surface area contributed by atoms with E-state index in [1.54, 1.807) is 18.3 Å². The number of carbonyl (C=O) groups excluding carboxylic acids is 2. The molecule has 2 aromatic rings. The first-order chi connectivity index (χ1) is 7.51. The second-order valence-corrected chi connectivity index (χ2v) is 6.55. The molecule has 1 unspecified atom stereocenters. The number of hydrogen-bond donors (Lipinski definition) is 0. The van der Waals surface area contributed by atoms with Crippen LogP contribution in [0.4, 0.5) is 0 Å².